The summed E-state index contributed by atoms with van der Waals surface area (Å²) in [6.45, 7) is 1.43. The number of hydrogen-bond acceptors (Lipinski definition) is 4. The summed E-state index contributed by atoms with van der Waals surface area (Å²) in [6.07, 6.45) is 1.46. The largest absolute Gasteiger partial charge is 0.433 e. The minimum Gasteiger partial charge on any atom is -0.433 e. The van der Waals surface area contributed by atoms with Gasteiger partial charge < -0.3 is 15.2 Å². The van der Waals surface area contributed by atoms with Gasteiger partial charge in [0.1, 0.15) is 10.6 Å². The Morgan fingerprint density at radius 1 is 1.55 bits per heavy atom. The molecule has 0 unspecified atom stereocenters. The minimum atomic E-state index is -2.94. The van der Waals surface area contributed by atoms with Crippen molar-refractivity contribution in [2.24, 2.45) is 5.41 Å². The summed E-state index contributed by atoms with van der Waals surface area (Å²) in [5.41, 5.74) is -0.183. The van der Waals surface area contributed by atoms with E-state index < -0.39 is 12.5 Å². The Hall–Kier alpha value is -1.21. The zero-order valence-electron chi connectivity index (χ0n) is 11.5. The van der Waals surface area contributed by atoms with E-state index >= 15 is 0 Å². The molecule has 2 N–H and O–H groups in total. The van der Waals surface area contributed by atoms with Gasteiger partial charge in [-0.05, 0) is 29.7 Å². The highest BCUT2D eigenvalue weighted by atomic mass is 32.1. The van der Waals surface area contributed by atoms with Crippen LogP contribution in [-0.2, 0) is 0 Å². The molecule has 7 heteroatoms. The van der Waals surface area contributed by atoms with Crippen molar-refractivity contribution in [2.75, 3.05) is 13.2 Å². The molecule has 4 nitrogen and oxygen atoms in total. The summed E-state index contributed by atoms with van der Waals surface area (Å²) in [4.78, 5) is 12.0. The summed E-state index contributed by atoms with van der Waals surface area (Å²) in [5.74, 6) is -0.518. The highest BCUT2D eigenvalue weighted by molar-refractivity contribution is 7.12. The van der Waals surface area contributed by atoms with E-state index in [0.29, 0.717) is 13.0 Å². The first kappa shape index (κ1) is 16.8. The lowest BCUT2D eigenvalue weighted by Crippen LogP contribution is -2.26. The molecule has 1 amide bonds. The molecule has 0 aromatic carbocycles. The van der Waals surface area contributed by atoms with Crippen molar-refractivity contribution in [1.29, 1.82) is 0 Å². The van der Waals surface area contributed by atoms with Gasteiger partial charge in [0.05, 0.1) is 0 Å². The lowest BCUT2D eigenvalue weighted by Gasteiger charge is -2.21. The summed E-state index contributed by atoms with van der Waals surface area (Å²) in [6, 6.07) is 1.35. The van der Waals surface area contributed by atoms with Crippen LogP contribution < -0.4 is 10.1 Å². The third-order valence-corrected chi connectivity index (χ3v) is 3.69. The van der Waals surface area contributed by atoms with E-state index in [2.05, 4.69) is 10.1 Å². The maximum Gasteiger partial charge on any atom is 0.387 e. The number of thiophene rings is 1. The molecule has 1 heterocycles. The summed E-state index contributed by atoms with van der Waals surface area (Å²) in [7, 11) is 0. The van der Waals surface area contributed by atoms with Gasteiger partial charge in [-0.3, -0.25) is 4.79 Å². The van der Waals surface area contributed by atoms with E-state index in [-0.39, 0.29) is 22.6 Å². The predicted molar refractivity (Wildman–Crippen MR) is 73.4 cm³/mol. The molecule has 0 aliphatic rings. The van der Waals surface area contributed by atoms with Crippen LogP contribution in [0.15, 0.2) is 11.4 Å². The number of aliphatic hydroxyl groups is 1. The highest BCUT2D eigenvalue weighted by Gasteiger charge is 2.18. The van der Waals surface area contributed by atoms with Gasteiger partial charge >= 0.3 is 6.61 Å². The smallest absolute Gasteiger partial charge is 0.387 e. The van der Waals surface area contributed by atoms with E-state index in [1.165, 1.54) is 11.4 Å². The highest BCUT2D eigenvalue weighted by Crippen LogP contribution is 2.26. The van der Waals surface area contributed by atoms with Crippen LogP contribution in [0.5, 0.6) is 5.75 Å². The van der Waals surface area contributed by atoms with Gasteiger partial charge in [-0.15, -0.1) is 11.3 Å². The van der Waals surface area contributed by atoms with Crippen molar-refractivity contribution in [3.63, 3.8) is 0 Å². The van der Waals surface area contributed by atoms with E-state index in [1.54, 1.807) is 0 Å². The number of aliphatic hydroxyl groups excluding tert-OH is 1. The predicted octanol–water partition coefficient (Wildman–Crippen LogP) is 2.88. The molecule has 0 fully saturated rings. The monoisotopic (exact) mass is 307 g/mol. The van der Waals surface area contributed by atoms with Crippen LogP contribution >= 0.6 is 11.3 Å². The number of nitrogens with one attached hydrogen (secondary N) is 1. The Balaban J connectivity index is 2.42. The lowest BCUT2D eigenvalue weighted by atomic mass is 9.89. The van der Waals surface area contributed by atoms with Gasteiger partial charge in [0.15, 0.2) is 0 Å². The number of halogens is 2. The van der Waals surface area contributed by atoms with Crippen LogP contribution in [0, 0.1) is 5.41 Å². The first-order chi connectivity index (χ1) is 9.35. The third kappa shape index (κ3) is 5.42. The molecule has 0 saturated carbocycles. The fourth-order valence-electron chi connectivity index (χ4n) is 1.58. The fraction of sp³-hybridized carbons (Fsp3) is 0.615. The van der Waals surface area contributed by atoms with Crippen LogP contribution in [0.2, 0.25) is 0 Å². The van der Waals surface area contributed by atoms with Gasteiger partial charge in [0.2, 0.25) is 0 Å². The molecule has 1 aromatic heterocycles. The quantitative estimate of drug-likeness (QED) is 0.726. The maximum absolute atomic E-state index is 12.1. The van der Waals surface area contributed by atoms with E-state index in [9.17, 15) is 13.6 Å². The SMILES string of the molecule is CC(C)(CO)CCCNC(=O)c1sccc1OC(F)F. The Bertz CT molecular complexity index is 435. The van der Waals surface area contributed by atoms with Crippen molar-refractivity contribution >= 4 is 17.2 Å². The number of carbonyl (C=O) groups excluding carboxylic acids is 1. The molecule has 0 atom stereocenters. The van der Waals surface area contributed by atoms with Crippen LogP contribution in [0.4, 0.5) is 8.78 Å². The van der Waals surface area contributed by atoms with Gasteiger partial charge in [-0.25, -0.2) is 0 Å². The number of ether oxygens (including phenoxy) is 1. The van der Waals surface area contributed by atoms with Crippen LogP contribution in [0.25, 0.3) is 0 Å². The van der Waals surface area contributed by atoms with Crippen molar-refractivity contribution in [1.82, 2.24) is 5.32 Å². The first-order valence-electron chi connectivity index (χ1n) is 6.27. The zero-order valence-corrected chi connectivity index (χ0v) is 12.3. The van der Waals surface area contributed by atoms with E-state index in [4.69, 9.17) is 5.11 Å². The molecular weight excluding hydrogens is 288 g/mol. The second-order valence-corrected chi connectivity index (χ2v) is 6.09. The number of rotatable bonds is 8. The number of carbonyl (C=O) groups is 1. The Morgan fingerprint density at radius 3 is 2.85 bits per heavy atom. The van der Waals surface area contributed by atoms with Gasteiger partial charge in [-0.1, -0.05) is 13.8 Å². The molecule has 0 spiro atoms. The van der Waals surface area contributed by atoms with E-state index in [1.807, 2.05) is 13.8 Å². The van der Waals surface area contributed by atoms with Gasteiger partial charge in [-0.2, -0.15) is 8.78 Å². The number of alkyl halides is 2. The maximum atomic E-state index is 12.1. The molecule has 0 aliphatic carbocycles. The normalized spacial score (nSPS) is 11.7. The second-order valence-electron chi connectivity index (χ2n) is 5.17. The zero-order chi connectivity index (χ0) is 15.2. The Labute approximate surface area is 120 Å². The molecule has 114 valence electrons. The summed E-state index contributed by atoms with van der Waals surface area (Å²) in [5, 5.41) is 13.3. The lowest BCUT2D eigenvalue weighted by molar-refractivity contribution is -0.0498. The first-order valence-corrected chi connectivity index (χ1v) is 7.15. The Morgan fingerprint density at radius 2 is 2.25 bits per heavy atom. The molecule has 0 radical (unpaired) electrons. The van der Waals surface area contributed by atoms with Crippen LogP contribution in [-0.4, -0.2) is 30.8 Å². The van der Waals surface area contributed by atoms with Crippen molar-refractivity contribution in [2.45, 2.75) is 33.3 Å². The summed E-state index contributed by atoms with van der Waals surface area (Å²) >= 11 is 1.06. The fourth-order valence-corrected chi connectivity index (χ4v) is 2.32. The molecule has 1 aromatic rings. The summed E-state index contributed by atoms with van der Waals surface area (Å²) < 4.78 is 28.6. The van der Waals surface area contributed by atoms with E-state index in [0.717, 1.165) is 17.8 Å². The molecule has 0 saturated heterocycles. The number of hydrogen-bond donors (Lipinski definition) is 2. The molecule has 0 bridgehead atoms. The standard InChI is InChI=1S/C13H19F2NO3S/c1-13(2,8-17)5-3-6-16-11(18)10-9(4-7-20-10)19-12(14)15/h4,7,12,17H,3,5-6,8H2,1-2H3,(H,16,18). The minimum absolute atomic E-state index is 0.0816. The van der Waals surface area contributed by atoms with Crippen LogP contribution in [0.3, 0.4) is 0 Å². The molecule has 20 heavy (non-hydrogen) atoms. The van der Waals surface area contributed by atoms with Gasteiger partial charge in [0, 0.05) is 13.2 Å². The van der Waals surface area contributed by atoms with Crippen LogP contribution in [0.1, 0.15) is 36.4 Å². The van der Waals surface area contributed by atoms with Crippen molar-refractivity contribution in [3.8, 4) is 5.75 Å². The average Bonchev–Trinajstić information content (AvgIpc) is 2.81. The molecule has 0 aliphatic heterocycles. The van der Waals surface area contributed by atoms with Crippen molar-refractivity contribution in [3.05, 3.63) is 16.3 Å². The third-order valence-electron chi connectivity index (χ3n) is 2.80. The molecule has 1 rings (SSSR count). The van der Waals surface area contributed by atoms with Crippen molar-refractivity contribution < 1.29 is 23.4 Å². The average molecular weight is 307 g/mol. The Kier molecular flexibility index (Phi) is 6.35. The topological polar surface area (TPSA) is 58.6 Å². The second kappa shape index (κ2) is 7.54. The number of amides is 1. The van der Waals surface area contributed by atoms with Gasteiger partial charge in [0.25, 0.3) is 5.91 Å². The molecular formula is C13H19F2NO3S.